The van der Waals surface area contributed by atoms with Crippen LogP contribution in [0.2, 0.25) is 0 Å². The van der Waals surface area contributed by atoms with Gasteiger partial charge in [0.05, 0.1) is 11.9 Å². The van der Waals surface area contributed by atoms with Gasteiger partial charge in [-0.3, -0.25) is 4.98 Å². The predicted octanol–water partition coefficient (Wildman–Crippen LogP) is 4.48. The zero-order chi connectivity index (χ0) is 17.4. The van der Waals surface area contributed by atoms with Gasteiger partial charge in [-0.2, -0.15) is 18.3 Å². The van der Waals surface area contributed by atoms with E-state index in [1.807, 2.05) is 30.3 Å². The molecule has 4 aromatic rings. The Kier molecular flexibility index (Phi) is 3.49. The lowest BCUT2D eigenvalue weighted by atomic mass is 10.1. The van der Waals surface area contributed by atoms with Crippen LogP contribution in [0, 0.1) is 0 Å². The monoisotopic (exact) mass is 340 g/mol. The van der Waals surface area contributed by atoms with Gasteiger partial charge in [-0.1, -0.05) is 30.3 Å². The van der Waals surface area contributed by atoms with Crippen LogP contribution in [0.1, 0.15) is 5.69 Å². The summed E-state index contributed by atoms with van der Waals surface area (Å²) in [6.07, 6.45) is -0.115. The number of pyridine rings is 1. The number of fused-ring (bicyclic) bond motifs is 1. The lowest BCUT2D eigenvalue weighted by molar-refractivity contribution is -0.142. The summed E-state index contributed by atoms with van der Waals surface area (Å²) in [6, 6.07) is 13.4. The fourth-order valence-electron chi connectivity index (χ4n) is 2.65. The second-order valence-electron chi connectivity index (χ2n) is 5.43. The van der Waals surface area contributed by atoms with Crippen LogP contribution in [0.15, 0.2) is 67.1 Å². The third-order valence-electron chi connectivity index (χ3n) is 3.80. The minimum atomic E-state index is -4.56. The van der Waals surface area contributed by atoms with E-state index in [0.29, 0.717) is 11.1 Å². The van der Waals surface area contributed by atoms with Gasteiger partial charge >= 0.3 is 6.18 Å². The average Bonchev–Trinajstić information content (AvgIpc) is 3.05. The first kappa shape index (κ1) is 15.3. The van der Waals surface area contributed by atoms with Gasteiger partial charge in [0.2, 0.25) is 0 Å². The molecule has 7 heteroatoms. The smallest absolute Gasteiger partial charge is 0.264 e. The van der Waals surface area contributed by atoms with E-state index in [4.69, 9.17) is 0 Å². The normalized spacial score (nSPS) is 11.8. The van der Waals surface area contributed by atoms with Crippen molar-refractivity contribution in [1.29, 1.82) is 0 Å². The molecule has 0 aliphatic heterocycles. The highest BCUT2D eigenvalue weighted by atomic mass is 19.4. The van der Waals surface area contributed by atoms with Crippen LogP contribution in [0.4, 0.5) is 13.2 Å². The van der Waals surface area contributed by atoms with Crippen LogP contribution in [0.25, 0.3) is 28.0 Å². The Morgan fingerprint density at radius 1 is 0.880 bits per heavy atom. The van der Waals surface area contributed by atoms with E-state index < -0.39 is 11.9 Å². The molecule has 0 aliphatic rings. The molecular weight excluding hydrogens is 329 g/mol. The van der Waals surface area contributed by atoms with E-state index in [2.05, 4.69) is 15.1 Å². The number of aromatic nitrogens is 4. The second kappa shape index (κ2) is 5.70. The summed E-state index contributed by atoms with van der Waals surface area (Å²) in [5.74, 6) is 0. The topological polar surface area (TPSA) is 43.1 Å². The van der Waals surface area contributed by atoms with Crippen LogP contribution in [0.3, 0.4) is 0 Å². The summed E-state index contributed by atoms with van der Waals surface area (Å²) in [4.78, 5) is 8.37. The molecule has 0 N–H and O–H groups in total. The van der Waals surface area contributed by atoms with E-state index in [0.717, 1.165) is 16.1 Å². The quantitative estimate of drug-likeness (QED) is 0.540. The maximum atomic E-state index is 13.5. The van der Waals surface area contributed by atoms with E-state index in [-0.39, 0.29) is 11.3 Å². The largest absolute Gasteiger partial charge is 0.433 e. The van der Waals surface area contributed by atoms with Crippen molar-refractivity contribution >= 4 is 5.65 Å². The van der Waals surface area contributed by atoms with Gasteiger partial charge < -0.3 is 0 Å². The van der Waals surface area contributed by atoms with Crippen molar-refractivity contribution in [3.8, 4) is 22.4 Å². The van der Waals surface area contributed by atoms with Gasteiger partial charge in [0.1, 0.15) is 0 Å². The van der Waals surface area contributed by atoms with E-state index in [1.165, 1.54) is 12.4 Å². The van der Waals surface area contributed by atoms with Crippen LogP contribution in [-0.2, 0) is 6.18 Å². The molecular formula is C18H11F3N4. The molecule has 0 spiro atoms. The van der Waals surface area contributed by atoms with Gasteiger partial charge in [0, 0.05) is 23.5 Å². The van der Waals surface area contributed by atoms with E-state index in [9.17, 15) is 13.2 Å². The Morgan fingerprint density at radius 2 is 1.64 bits per heavy atom. The Bertz CT molecular complexity index is 1020. The Morgan fingerprint density at radius 3 is 2.32 bits per heavy atom. The number of hydrogen-bond donors (Lipinski definition) is 0. The summed E-state index contributed by atoms with van der Waals surface area (Å²) in [5.41, 5.74) is 1.28. The minimum Gasteiger partial charge on any atom is -0.264 e. The average molecular weight is 340 g/mol. The number of nitrogens with zero attached hydrogens (tertiary/aromatic N) is 4. The molecule has 0 bridgehead atoms. The van der Waals surface area contributed by atoms with Crippen molar-refractivity contribution in [2.75, 3.05) is 0 Å². The summed E-state index contributed by atoms with van der Waals surface area (Å²) < 4.78 is 41.4. The summed E-state index contributed by atoms with van der Waals surface area (Å²) >= 11 is 0. The third-order valence-corrected chi connectivity index (χ3v) is 3.80. The van der Waals surface area contributed by atoms with Gasteiger partial charge in [0.25, 0.3) is 0 Å². The lowest BCUT2D eigenvalue weighted by Gasteiger charge is -2.11. The van der Waals surface area contributed by atoms with E-state index in [1.54, 1.807) is 18.3 Å². The maximum Gasteiger partial charge on any atom is 0.433 e. The number of alkyl halides is 3. The first-order valence-electron chi connectivity index (χ1n) is 7.46. The molecule has 4 nitrogen and oxygen atoms in total. The molecule has 0 aliphatic carbocycles. The highest BCUT2D eigenvalue weighted by molar-refractivity contribution is 5.78. The lowest BCUT2D eigenvalue weighted by Crippen LogP contribution is -2.13. The molecule has 0 saturated carbocycles. The van der Waals surface area contributed by atoms with Crippen molar-refractivity contribution in [2.24, 2.45) is 0 Å². The molecule has 3 heterocycles. The first-order valence-corrected chi connectivity index (χ1v) is 7.46. The van der Waals surface area contributed by atoms with Crippen molar-refractivity contribution in [2.45, 2.75) is 6.18 Å². The molecule has 0 amide bonds. The number of rotatable bonds is 2. The van der Waals surface area contributed by atoms with Crippen molar-refractivity contribution in [3.63, 3.8) is 0 Å². The number of hydrogen-bond acceptors (Lipinski definition) is 3. The molecule has 1 aromatic carbocycles. The van der Waals surface area contributed by atoms with Crippen LogP contribution < -0.4 is 0 Å². The summed E-state index contributed by atoms with van der Waals surface area (Å²) in [6.45, 7) is 0. The van der Waals surface area contributed by atoms with Crippen LogP contribution in [0.5, 0.6) is 0 Å². The zero-order valence-electron chi connectivity index (χ0n) is 12.8. The third kappa shape index (κ3) is 2.73. The fourth-order valence-corrected chi connectivity index (χ4v) is 2.65. The molecule has 3 aromatic heterocycles. The van der Waals surface area contributed by atoms with Crippen LogP contribution in [-0.4, -0.2) is 19.6 Å². The SMILES string of the molecule is FC(F)(F)c1cc(-c2cccnc2)nc2c(-c3ccccc3)cnn12. The molecule has 0 saturated heterocycles. The van der Waals surface area contributed by atoms with Crippen molar-refractivity contribution in [3.05, 3.63) is 72.8 Å². The van der Waals surface area contributed by atoms with Gasteiger partial charge in [0.15, 0.2) is 11.3 Å². The first-order chi connectivity index (χ1) is 12.0. The molecule has 0 atom stereocenters. The fraction of sp³-hybridized carbons (Fsp3) is 0.0556. The van der Waals surface area contributed by atoms with Crippen LogP contribution >= 0.6 is 0 Å². The Labute approximate surface area is 140 Å². The second-order valence-corrected chi connectivity index (χ2v) is 5.43. The van der Waals surface area contributed by atoms with Crippen molar-refractivity contribution < 1.29 is 13.2 Å². The van der Waals surface area contributed by atoms with Gasteiger partial charge in [-0.05, 0) is 23.8 Å². The van der Waals surface area contributed by atoms with E-state index >= 15 is 0 Å². The summed E-state index contributed by atoms with van der Waals surface area (Å²) in [7, 11) is 0. The molecule has 0 fully saturated rings. The minimum absolute atomic E-state index is 0.153. The number of halogens is 3. The molecule has 25 heavy (non-hydrogen) atoms. The maximum absolute atomic E-state index is 13.5. The van der Waals surface area contributed by atoms with Crippen molar-refractivity contribution in [1.82, 2.24) is 19.6 Å². The Hall–Kier alpha value is -3.22. The molecule has 124 valence electrons. The van der Waals surface area contributed by atoms with Gasteiger partial charge in [-0.25, -0.2) is 9.50 Å². The zero-order valence-corrected chi connectivity index (χ0v) is 12.8. The highest BCUT2D eigenvalue weighted by Crippen LogP contribution is 2.34. The predicted molar refractivity (Wildman–Crippen MR) is 86.7 cm³/mol. The number of benzene rings is 1. The standard InChI is InChI=1S/C18H11F3N4/c19-18(20,21)16-9-15(13-7-4-8-22-10-13)24-17-14(11-23-25(16)17)12-5-2-1-3-6-12/h1-11H. The highest BCUT2D eigenvalue weighted by Gasteiger charge is 2.35. The van der Waals surface area contributed by atoms with Gasteiger partial charge in [-0.15, -0.1) is 0 Å². The Balaban J connectivity index is 2.03. The molecule has 0 unspecified atom stereocenters. The summed E-state index contributed by atoms with van der Waals surface area (Å²) in [5, 5.41) is 3.91. The molecule has 4 rings (SSSR count). The molecule has 0 radical (unpaired) electrons.